The number of likely N-dealkylation sites (tertiary alicyclic amines) is 1. The summed E-state index contributed by atoms with van der Waals surface area (Å²) in [6, 6.07) is 0. The summed E-state index contributed by atoms with van der Waals surface area (Å²) in [6.07, 6.45) is 9.96. The summed E-state index contributed by atoms with van der Waals surface area (Å²) in [5.41, 5.74) is 1.61. The third kappa shape index (κ3) is 7.23. The standard InChI is InChI=1S/C47H77N3O6/c1-30(2)39-34(52)25-47(21-22-49(24-23-48(11)12)27-32-28-50(29-32)31(3)51)20-19-45(9)33(40(39)47)13-14-36-44(8)17-16-37(56-38(53)26-42(4,5)41(54)55)43(6,7)35(44)15-18-46(36,45)10/h30,32-33,35-37H,13-29H2,1-12H3,(H,54,55)/t33?,35-,36?,37-,44?,45+,46?,47?/m0/s1. The Bertz CT molecular complexity index is 1590. The van der Waals surface area contributed by atoms with Crippen molar-refractivity contribution in [3.63, 3.8) is 0 Å². The Hall–Kier alpha value is -2.26. The Morgan fingerprint density at radius 3 is 2.18 bits per heavy atom. The van der Waals surface area contributed by atoms with Gasteiger partial charge in [-0.15, -0.1) is 0 Å². The van der Waals surface area contributed by atoms with Crippen LogP contribution >= 0.6 is 0 Å². The molecule has 316 valence electrons. The third-order valence-corrected chi connectivity index (χ3v) is 17.6. The SMILES string of the molecule is CC(=O)N1CC(CN(CCN(C)C)CCC23CC[C@]4(C)C(CCC5C6(C)CC[C@H](OC(=O)CC(C)(C)C(=O)O)C(C)(C)[C@@H]6CCC54C)C2=C(C(C)C)C(=O)C3)C1. The molecule has 8 atom stereocenters. The van der Waals surface area contributed by atoms with Crippen LogP contribution in [0.5, 0.6) is 0 Å². The number of ether oxygens (including phenoxy) is 1. The molecule has 9 nitrogen and oxygen atoms in total. The highest BCUT2D eigenvalue weighted by Gasteiger charge is 2.70. The van der Waals surface area contributed by atoms with Gasteiger partial charge in [0.15, 0.2) is 5.78 Å². The van der Waals surface area contributed by atoms with Gasteiger partial charge in [0, 0.05) is 62.8 Å². The van der Waals surface area contributed by atoms with Crippen LogP contribution in [-0.4, -0.2) is 103 Å². The van der Waals surface area contributed by atoms with Crippen LogP contribution in [0.3, 0.4) is 0 Å². The maximum Gasteiger partial charge on any atom is 0.309 e. The number of hydrogen-bond donors (Lipinski definition) is 1. The number of carboxylic acid groups (broad SMARTS) is 1. The molecule has 1 N–H and O–H groups in total. The minimum absolute atomic E-state index is 0.0638. The molecule has 0 aromatic carbocycles. The number of rotatable bonds is 13. The van der Waals surface area contributed by atoms with Crippen LogP contribution in [0.1, 0.15) is 140 Å². The number of amides is 1. The van der Waals surface area contributed by atoms with Crippen molar-refractivity contribution in [2.24, 2.45) is 62.1 Å². The molecule has 1 heterocycles. The van der Waals surface area contributed by atoms with Crippen LogP contribution in [0, 0.1) is 62.1 Å². The van der Waals surface area contributed by atoms with Gasteiger partial charge in [-0.2, -0.15) is 0 Å². The van der Waals surface area contributed by atoms with E-state index >= 15 is 0 Å². The lowest BCUT2D eigenvalue weighted by atomic mass is 9.33. The second kappa shape index (κ2) is 15.1. The number of carboxylic acids is 1. The van der Waals surface area contributed by atoms with E-state index in [0.29, 0.717) is 35.9 Å². The molecular weight excluding hydrogens is 703 g/mol. The predicted molar refractivity (Wildman–Crippen MR) is 221 cm³/mol. The molecule has 0 radical (unpaired) electrons. The summed E-state index contributed by atoms with van der Waals surface area (Å²) < 4.78 is 6.21. The quantitative estimate of drug-likeness (QED) is 0.187. The molecule has 1 aliphatic heterocycles. The number of aliphatic carboxylic acids is 1. The number of nitrogens with zero attached hydrogens (tertiary/aromatic N) is 3. The smallest absolute Gasteiger partial charge is 0.309 e. The zero-order chi connectivity index (χ0) is 41.4. The van der Waals surface area contributed by atoms with E-state index in [0.717, 1.165) is 96.2 Å². The Labute approximate surface area is 339 Å². The molecule has 6 rings (SSSR count). The van der Waals surface area contributed by atoms with Crippen LogP contribution in [0.4, 0.5) is 0 Å². The minimum atomic E-state index is -1.15. The molecule has 9 heteroatoms. The highest BCUT2D eigenvalue weighted by Crippen LogP contribution is 2.77. The molecule has 4 saturated carbocycles. The van der Waals surface area contributed by atoms with Crippen molar-refractivity contribution in [2.75, 3.05) is 53.4 Å². The second-order valence-corrected chi connectivity index (χ2v) is 22.3. The zero-order valence-corrected chi connectivity index (χ0v) is 37.3. The molecule has 0 bridgehead atoms. The van der Waals surface area contributed by atoms with Crippen molar-refractivity contribution in [1.29, 1.82) is 0 Å². The van der Waals surface area contributed by atoms with Gasteiger partial charge in [0.2, 0.25) is 5.91 Å². The predicted octanol–water partition coefficient (Wildman–Crippen LogP) is 8.11. The van der Waals surface area contributed by atoms with Gasteiger partial charge < -0.3 is 24.5 Å². The summed E-state index contributed by atoms with van der Waals surface area (Å²) in [5, 5.41) is 9.65. The average molecular weight is 780 g/mol. The van der Waals surface area contributed by atoms with Crippen molar-refractivity contribution in [1.82, 2.24) is 14.7 Å². The van der Waals surface area contributed by atoms with Crippen LogP contribution in [0.15, 0.2) is 11.1 Å². The summed E-state index contributed by atoms with van der Waals surface area (Å²) >= 11 is 0. The van der Waals surface area contributed by atoms with E-state index in [-0.39, 0.29) is 51.4 Å². The Morgan fingerprint density at radius 2 is 1.57 bits per heavy atom. The van der Waals surface area contributed by atoms with Crippen molar-refractivity contribution in [3.05, 3.63) is 11.1 Å². The topological polar surface area (TPSA) is 107 Å². The van der Waals surface area contributed by atoms with E-state index in [9.17, 15) is 24.3 Å². The number of ketones is 1. The second-order valence-electron chi connectivity index (χ2n) is 22.3. The fourth-order valence-electron chi connectivity index (χ4n) is 14.2. The first-order valence-electron chi connectivity index (χ1n) is 22.2. The minimum Gasteiger partial charge on any atom is -0.481 e. The highest BCUT2D eigenvalue weighted by atomic mass is 16.5. The van der Waals surface area contributed by atoms with Gasteiger partial charge in [0.05, 0.1) is 11.8 Å². The van der Waals surface area contributed by atoms with E-state index in [2.05, 4.69) is 72.4 Å². The van der Waals surface area contributed by atoms with Crippen LogP contribution in [0.25, 0.3) is 0 Å². The van der Waals surface area contributed by atoms with E-state index in [1.165, 1.54) is 6.42 Å². The summed E-state index contributed by atoms with van der Waals surface area (Å²) in [5.74, 6) is 1.29. The first-order chi connectivity index (χ1) is 25.9. The Kier molecular flexibility index (Phi) is 11.7. The Morgan fingerprint density at radius 1 is 0.893 bits per heavy atom. The number of allylic oxidation sites excluding steroid dienone is 2. The van der Waals surface area contributed by atoms with E-state index in [1.807, 2.05) is 4.90 Å². The van der Waals surface area contributed by atoms with Gasteiger partial charge in [0.25, 0.3) is 0 Å². The first-order valence-corrected chi connectivity index (χ1v) is 22.2. The third-order valence-electron chi connectivity index (χ3n) is 17.6. The lowest BCUT2D eigenvalue weighted by molar-refractivity contribution is -0.233. The normalized spacial score (nSPS) is 36.9. The van der Waals surface area contributed by atoms with Crippen molar-refractivity contribution >= 4 is 23.6 Å². The van der Waals surface area contributed by atoms with Gasteiger partial charge >= 0.3 is 11.9 Å². The molecule has 0 aromatic heterocycles. The van der Waals surface area contributed by atoms with Gasteiger partial charge in [-0.3, -0.25) is 19.2 Å². The van der Waals surface area contributed by atoms with Crippen molar-refractivity contribution in [2.45, 2.75) is 146 Å². The van der Waals surface area contributed by atoms with Crippen LogP contribution in [0.2, 0.25) is 0 Å². The summed E-state index contributed by atoms with van der Waals surface area (Å²) in [4.78, 5) is 58.0. The fourth-order valence-corrected chi connectivity index (χ4v) is 14.2. The number of likely N-dealkylation sites (N-methyl/N-ethyl adjacent to an activating group) is 1. The molecule has 1 saturated heterocycles. The molecule has 6 aliphatic rings. The molecule has 56 heavy (non-hydrogen) atoms. The van der Waals surface area contributed by atoms with Crippen molar-refractivity contribution < 1.29 is 29.0 Å². The number of carbonyl (C=O) groups is 4. The van der Waals surface area contributed by atoms with Crippen molar-refractivity contribution in [3.8, 4) is 0 Å². The molecule has 5 fully saturated rings. The van der Waals surface area contributed by atoms with Gasteiger partial charge in [0.1, 0.15) is 6.10 Å². The molecule has 5 unspecified atom stereocenters. The summed E-state index contributed by atoms with van der Waals surface area (Å²) in [7, 11) is 4.28. The van der Waals surface area contributed by atoms with E-state index in [1.54, 1.807) is 26.3 Å². The van der Waals surface area contributed by atoms with E-state index in [4.69, 9.17) is 4.74 Å². The molecule has 1 amide bonds. The van der Waals surface area contributed by atoms with Crippen LogP contribution in [-0.2, 0) is 23.9 Å². The lowest BCUT2D eigenvalue weighted by Crippen LogP contribution is -2.65. The number of hydrogen-bond acceptors (Lipinski definition) is 7. The Balaban J connectivity index is 1.24. The molecule has 5 aliphatic carbocycles. The highest BCUT2D eigenvalue weighted by molar-refractivity contribution is 6.00. The maximum absolute atomic E-state index is 14.3. The largest absolute Gasteiger partial charge is 0.481 e. The number of carbonyl (C=O) groups excluding carboxylic acids is 3. The van der Waals surface area contributed by atoms with E-state index < -0.39 is 17.4 Å². The fraction of sp³-hybridized carbons (Fsp3) is 0.872. The molecular formula is C47H77N3O6. The molecule has 0 aromatic rings. The lowest BCUT2D eigenvalue weighted by Gasteiger charge is -2.72. The summed E-state index contributed by atoms with van der Waals surface area (Å²) in [6.45, 7) is 27.5. The molecule has 0 spiro atoms. The van der Waals surface area contributed by atoms with Gasteiger partial charge in [-0.25, -0.2) is 0 Å². The van der Waals surface area contributed by atoms with Gasteiger partial charge in [-0.1, -0.05) is 54.0 Å². The number of Topliss-reactive ketones (excluding diaryl/α,β-unsaturated/α-hetero) is 1. The van der Waals surface area contributed by atoms with Crippen LogP contribution < -0.4 is 0 Å². The number of esters is 1. The van der Waals surface area contributed by atoms with Gasteiger partial charge in [-0.05, 0) is 138 Å². The number of fused-ring (bicyclic) bond motifs is 7. The monoisotopic (exact) mass is 780 g/mol. The maximum atomic E-state index is 14.3. The average Bonchev–Trinajstić information content (AvgIpc) is 3.36. The first kappa shape index (κ1) is 43.3. The zero-order valence-electron chi connectivity index (χ0n) is 37.3.